The molecule has 0 fully saturated rings. The van der Waals surface area contributed by atoms with Gasteiger partial charge < -0.3 is 4.79 Å². The number of carbonyl (C=O) groups excluding carboxylic acids is 1. The first-order chi connectivity index (χ1) is 7.70. The standard InChI is InChI=1S/C15H30O/c1-4-6-11-15(12-7-5-2)13-9-8-10-14(3)16/h15H,4-13H2,1-3H3. The Kier molecular flexibility index (Phi) is 10.9. The minimum Gasteiger partial charge on any atom is -0.300 e. The third kappa shape index (κ3) is 10.2. The molecule has 1 nitrogen and oxygen atoms in total. The van der Waals surface area contributed by atoms with Crippen LogP contribution >= 0.6 is 0 Å². The van der Waals surface area contributed by atoms with Gasteiger partial charge in [-0.05, 0) is 19.3 Å². The van der Waals surface area contributed by atoms with Gasteiger partial charge in [0.2, 0.25) is 0 Å². The maximum absolute atomic E-state index is 10.8. The van der Waals surface area contributed by atoms with Gasteiger partial charge in [-0.1, -0.05) is 65.2 Å². The molecular weight excluding hydrogens is 196 g/mol. The molecule has 0 aliphatic carbocycles. The smallest absolute Gasteiger partial charge is 0.129 e. The van der Waals surface area contributed by atoms with E-state index in [2.05, 4.69) is 13.8 Å². The van der Waals surface area contributed by atoms with E-state index in [1.54, 1.807) is 6.92 Å². The highest BCUT2D eigenvalue weighted by Crippen LogP contribution is 2.22. The van der Waals surface area contributed by atoms with Gasteiger partial charge in [-0.25, -0.2) is 0 Å². The molecule has 0 radical (unpaired) electrons. The lowest BCUT2D eigenvalue weighted by molar-refractivity contribution is -0.117. The summed E-state index contributed by atoms with van der Waals surface area (Å²) in [6.07, 6.45) is 12.7. The Hall–Kier alpha value is -0.330. The number of rotatable bonds is 11. The first kappa shape index (κ1) is 15.7. The molecule has 0 aliphatic heterocycles. The third-order valence-corrected chi connectivity index (χ3v) is 3.32. The van der Waals surface area contributed by atoms with Crippen LogP contribution < -0.4 is 0 Å². The van der Waals surface area contributed by atoms with E-state index < -0.39 is 0 Å². The molecule has 0 rings (SSSR count). The average molecular weight is 226 g/mol. The van der Waals surface area contributed by atoms with Crippen LogP contribution in [0.4, 0.5) is 0 Å². The largest absolute Gasteiger partial charge is 0.300 e. The van der Waals surface area contributed by atoms with Crippen molar-refractivity contribution >= 4 is 5.78 Å². The number of hydrogen-bond donors (Lipinski definition) is 0. The van der Waals surface area contributed by atoms with Crippen LogP contribution in [0.3, 0.4) is 0 Å². The van der Waals surface area contributed by atoms with Gasteiger partial charge in [0.1, 0.15) is 5.78 Å². The molecule has 96 valence electrons. The van der Waals surface area contributed by atoms with Crippen LogP contribution in [0, 0.1) is 5.92 Å². The minimum absolute atomic E-state index is 0.346. The molecular formula is C15H30O. The van der Waals surface area contributed by atoms with E-state index in [4.69, 9.17) is 0 Å². The maximum atomic E-state index is 10.8. The fraction of sp³-hybridized carbons (Fsp3) is 0.933. The number of hydrogen-bond acceptors (Lipinski definition) is 1. The van der Waals surface area contributed by atoms with E-state index in [9.17, 15) is 4.79 Å². The van der Waals surface area contributed by atoms with Gasteiger partial charge in [0, 0.05) is 6.42 Å². The predicted octanol–water partition coefficient (Wildman–Crippen LogP) is 5.13. The zero-order valence-corrected chi connectivity index (χ0v) is 11.6. The van der Waals surface area contributed by atoms with Gasteiger partial charge in [-0.3, -0.25) is 0 Å². The quantitative estimate of drug-likeness (QED) is 0.446. The highest BCUT2D eigenvalue weighted by molar-refractivity contribution is 5.75. The van der Waals surface area contributed by atoms with Gasteiger partial charge in [-0.2, -0.15) is 0 Å². The van der Waals surface area contributed by atoms with Crippen molar-refractivity contribution in [1.29, 1.82) is 0 Å². The number of ketones is 1. The van der Waals surface area contributed by atoms with Crippen LogP contribution in [0.1, 0.15) is 85.0 Å². The second-order valence-corrected chi connectivity index (χ2v) is 5.10. The van der Waals surface area contributed by atoms with E-state index in [1.165, 1.54) is 51.4 Å². The molecule has 0 saturated heterocycles. The van der Waals surface area contributed by atoms with Crippen LogP contribution in [0.5, 0.6) is 0 Å². The van der Waals surface area contributed by atoms with Crippen molar-refractivity contribution in [2.45, 2.75) is 85.0 Å². The van der Waals surface area contributed by atoms with Gasteiger partial charge >= 0.3 is 0 Å². The lowest BCUT2D eigenvalue weighted by Gasteiger charge is -2.15. The Balaban J connectivity index is 3.59. The van der Waals surface area contributed by atoms with Gasteiger partial charge in [0.05, 0.1) is 0 Å². The summed E-state index contributed by atoms with van der Waals surface area (Å²) in [5.41, 5.74) is 0. The topological polar surface area (TPSA) is 17.1 Å². The zero-order chi connectivity index (χ0) is 12.2. The lowest BCUT2D eigenvalue weighted by Crippen LogP contribution is -2.01. The summed E-state index contributed by atoms with van der Waals surface area (Å²) in [7, 11) is 0. The van der Waals surface area contributed by atoms with E-state index in [1.807, 2.05) is 0 Å². The normalized spacial score (nSPS) is 11.0. The summed E-state index contributed by atoms with van der Waals surface area (Å²) in [5, 5.41) is 0. The molecule has 0 saturated carbocycles. The summed E-state index contributed by atoms with van der Waals surface area (Å²) in [6, 6.07) is 0. The predicted molar refractivity (Wildman–Crippen MR) is 71.7 cm³/mol. The van der Waals surface area contributed by atoms with Crippen molar-refractivity contribution < 1.29 is 4.79 Å². The van der Waals surface area contributed by atoms with Crippen LogP contribution in [0.25, 0.3) is 0 Å². The third-order valence-electron chi connectivity index (χ3n) is 3.32. The molecule has 0 aromatic carbocycles. The zero-order valence-electron chi connectivity index (χ0n) is 11.6. The maximum Gasteiger partial charge on any atom is 0.129 e. The van der Waals surface area contributed by atoms with E-state index in [0.29, 0.717) is 5.78 Å². The van der Waals surface area contributed by atoms with Crippen molar-refractivity contribution in [2.75, 3.05) is 0 Å². The molecule has 0 amide bonds. The Morgan fingerprint density at radius 3 is 1.81 bits per heavy atom. The van der Waals surface area contributed by atoms with Crippen molar-refractivity contribution in [3.05, 3.63) is 0 Å². The minimum atomic E-state index is 0.346. The van der Waals surface area contributed by atoms with Crippen LogP contribution in [-0.2, 0) is 4.79 Å². The second-order valence-electron chi connectivity index (χ2n) is 5.10. The molecule has 0 N–H and O–H groups in total. The molecule has 0 heterocycles. The van der Waals surface area contributed by atoms with Gasteiger partial charge in [0.25, 0.3) is 0 Å². The van der Waals surface area contributed by atoms with Crippen LogP contribution in [-0.4, -0.2) is 5.78 Å². The molecule has 16 heavy (non-hydrogen) atoms. The fourth-order valence-corrected chi connectivity index (χ4v) is 2.23. The van der Waals surface area contributed by atoms with E-state index >= 15 is 0 Å². The van der Waals surface area contributed by atoms with Gasteiger partial charge in [-0.15, -0.1) is 0 Å². The van der Waals surface area contributed by atoms with Crippen molar-refractivity contribution in [1.82, 2.24) is 0 Å². The lowest BCUT2D eigenvalue weighted by atomic mass is 9.90. The summed E-state index contributed by atoms with van der Waals surface area (Å²) >= 11 is 0. The summed E-state index contributed by atoms with van der Waals surface area (Å²) in [6.45, 7) is 6.24. The highest BCUT2D eigenvalue weighted by atomic mass is 16.1. The molecule has 0 atom stereocenters. The van der Waals surface area contributed by atoms with Crippen LogP contribution in [0.15, 0.2) is 0 Å². The summed E-state index contributed by atoms with van der Waals surface area (Å²) < 4.78 is 0. The SMILES string of the molecule is CCCCC(CCCC)CCCCC(C)=O. The summed E-state index contributed by atoms with van der Waals surface area (Å²) in [4.78, 5) is 10.8. The van der Waals surface area contributed by atoms with E-state index in [-0.39, 0.29) is 0 Å². The fourth-order valence-electron chi connectivity index (χ4n) is 2.23. The van der Waals surface area contributed by atoms with Crippen molar-refractivity contribution in [3.8, 4) is 0 Å². The molecule has 0 bridgehead atoms. The number of carbonyl (C=O) groups is 1. The first-order valence-corrected chi connectivity index (χ1v) is 7.20. The van der Waals surface area contributed by atoms with E-state index in [0.717, 1.165) is 18.8 Å². The monoisotopic (exact) mass is 226 g/mol. The Bertz CT molecular complexity index is 155. The highest BCUT2D eigenvalue weighted by Gasteiger charge is 2.07. The van der Waals surface area contributed by atoms with Crippen LogP contribution in [0.2, 0.25) is 0 Å². The van der Waals surface area contributed by atoms with Gasteiger partial charge in [0.15, 0.2) is 0 Å². The molecule has 0 unspecified atom stereocenters. The number of unbranched alkanes of at least 4 members (excludes halogenated alkanes) is 3. The number of Topliss-reactive ketones (excluding diaryl/α,β-unsaturated/α-hetero) is 1. The molecule has 0 aliphatic rings. The molecule has 0 aromatic rings. The molecule has 0 aromatic heterocycles. The summed E-state index contributed by atoms with van der Waals surface area (Å²) in [5.74, 6) is 1.27. The Morgan fingerprint density at radius 1 is 0.875 bits per heavy atom. The first-order valence-electron chi connectivity index (χ1n) is 7.20. The average Bonchev–Trinajstić information content (AvgIpc) is 2.26. The Morgan fingerprint density at radius 2 is 1.38 bits per heavy atom. The second kappa shape index (κ2) is 11.2. The molecule has 0 spiro atoms. The van der Waals surface area contributed by atoms with Crippen molar-refractivity contribution in [3.63, 3.8) is 0 Å². The van der Waals surface area contributed by atoms with Crippen molar-refractivity contribution in [2.24, 2.45) is 5.92 Å². The molecule has 1 heteroatoms. The Labute approximate surface area is 102 Å².